The van der Waals surface area contributed by atoms with Gasteiger partial charge in [0.05, 0.1) is 16.2 Å². The van der Waals surface area contributed by atoms with E-state index in [-0.39, 0.29) is 5.69 Å². The molecule has 1 N–H and O–H groups in total. The Hall–Kier alpha value is -2.13. The molecular weight excluding hydrogens is 244 g/mol. The van der Waals surface area contributed by atoms with Gasteiger partial charge in [0.15, 0.2) is 0 Å². The SMILES string of the molecule is CN1CCC[C@@H]1CNc1ccc([N+](=O)[O-])cc1C#N. The van der Waals surface area contributed by atoms with Crippen LogP contribution in [0.1, 0.15) is 18.4 Å². The first-order chi connectivity index (χ1) is 9.11. The smallest absolute Gasteiger partial charge is 0.270 e. The molecule has 1 aliphatic heterocycles. The van der Waals surface area contributed by atoms with Crippen molar-refractivity contribution in [3.8, 4) is 6.07 Å². The first-order valence-electron chi connectivity index (χ1n) is 6.24. The number of non-ortho nitro benzene ring substituents is 1. The molecule has 0 amide bonds. The number of nitriles is 1. The maximum absolute atomic E-state index is 10.7. The minimum absolute atomic E-state index is 0.0555. The van der Waals surface area contributed by atoms with Gasteiger partial charge in [0.2, 0.25) is 0 Å². The largest absolute Gasteiger partial charge is 0.382 e. The third kappa shape index (κ3) is 3.01. The Balaban J connectivity index is 2.08. The molecular formula is C13H16N4O2. The van der Waals surface area contributed by atoms with Gasteiger partial charge in [-0.2, -0.15) is 5.26 Å². The van der Waals surface area contributed by atoms with Gasteiger partial charge in [-0.1, -0.05) is 0 Å². The van der Waals surface area contributed by atoms with Crippen LogP contribution in [0, 0.1) is 21.4 Å². The summed E-state index contributed by atoms with van der Waals surface area (Å²) in [5.41, 5.74) is 0.920. The van der Waals surface area contributed by atoms with E-state index in [1.165, 1.54) is 18.6 Å². The minimum atomic E-state index is -0.491. The predicted octanol–water partition coefficient (Wildman–Crippen LogP) is 1.97. The van der Waals surface area contributed by atoms with Gasteiger partial charge in [-0.05, 0) is 32.5 Å². The summed E-state index contributed by atoms with van der Waals surface area (Å²) < 4.78 is 0. The Morgan fingerprint density at radius 3 is 3.00 bits per heavy atom. The van der Waals surface area contributed by atoms with E-state index in [4.69, 9.17) is 5.26 Å². The Kier molecular flexibility index (Phi) is 3.97. The third-order valence-corrected chi connectivity index (χ3v) is 3.53. The van der Waals surface area contributed by atoms with E-state index in [0.29, 0.717) is 17.3 Å². The van der Waals surface area contributed by atoms with Crippen molar-refractivity contribution in [3.63, 3.8) is 0 Å². The molecule has 0 aliphatic carbocycles. The first kappa shape index (κ1) is 13.3. The molecule has 2 rings (SSSR count). The Morgan fingerprint density at radius 2 is 2.42 bits per heavy atom. The van der Waals surface area contributed by atoms with Gasteiger partial charge in [-0.15, -0.1) is 0 Å². The van der Waals surface area contributed by atoms with Crippen LogP contribution in [-0.4, -0.2) is 36.0 Å². The molecule has 1 heterocycles. The van der Waals surface area contributed by atoms with E-state index in [2.05, 4.69) is 17.3 Å². The maximum atomic E-state index is 10.7. The molecule has 1 aromatic rings. The molecule has 6 nitrogen and oxygen atoms in total. The van der Waals surface area contributed by atoms with Crippen molar-refractivity contribution in [1.82, 2.24) is 4.90 Å². The number of nitro groups is 1. The van der Waals surface area contributed by atoms with Gasteiger partial charge in [0, 0.05) is 24.7 Å². The molecule has 100 valence electrons. The van der Waals surface area contributed by atoms with Crippen molar-refractivity contribution in [2.24, 2.45) is 0 Å². The number of hydrogen-bond donors (Lipinski definition) is 1. The van der Waals surface area contributed by atoms with E-state index in [0.717, 1.165) is 19.5 Å². The summed E-state index contributed by atoms with van der Waals surface area (Å²) >= 11 is 0. The fourth-order valence-electron chi connectivity index (χ4n) is 2.36. The number of nitro benzene ring substituents is 1. The van der Waals surface area contributed by atoms with Crippen molar-refractivity contribution in [2.75, 3.05) is 25.5 Å². The normalized spacial score (nSPS) is 19.1. The van der Waals surface area contributed by atoms with Gasteiger partial charge in [0.1, 0.15) is 6.07 Å². The Labute approximate surface area is 111 Å². The van der Waals surface area contributed by atoms with Crippen LogP contribution >= 0.6 is 0 Å². The van der Waals surface area contributed by atoms with Gasteiger partial charge in [-0.3, -0.25) is 10.1 Å². The Bertz CT molecular complexity index is 524. The van der Waals surface area contributed by atoms with Gasteiger partial charge < -0.3 is 10.2 Å². The van der Waals surface area contributed by atoms with Crippen LogP contribution in [-0.2, 0) is 0 Å². The topological polar surface area (TPSA) is 82.2 Å². The van der Waals surface area contributed by atoms with Crippen LogP contribution in [0.5, 0.6) is 0 Å². The standard InChI is InChI=1S/C13H16N4O2/c1-16-6-2-3-12(16)9-15-13-5-4-11(17(18)19)7-10(13)8-14/h4-5,7,12,15H,2-3,6,9H2,1H3/t12-/m1/s1. The molecule has 1 aromatic carbocycles. The summed E-state index contributed by atoms with van der Waals surface area (Å²) in [6.45, 7) is 1.85. The lowest BCUT2D eigenvalue weighted by Crippen LogP contribution is -2.31. The highest BCUT2D eigenvalue weighted by Gasteiger charge is 2.20. The number of anilines is 1. The number of likely N-dealkylation sites (tertiary alicyclic amines) is 1. The summed E-state index contributed by atoms with van der Waals surface area (Å²) in [4.78, 5) is 12.5. The lowest BCUT2D eigenvalue weighted by atomic mass is 10.1. The molecule has 0 unspecified atom stereocenters. The second-order valence-electron chi connectivity index (χ2n) is 4.76. The van der Waals surface area contributed by atoms with E-state index in [1.807, 2.05) is 6.07 Å². The fourth-order valence-corrected chi connectivity index (χ4v) is 2.36. The zero-order valence-electron chi connectivity index (χ0n) is 10.8. The molecule has 0 aromatic heterocycles. The van der Waals surface area contributed by atoms with Crippen molar-refractivity contribution >= 4 is 11.4 Å². The summed E-state index contributed by atoms with van der Waals surface area (Å²) in [6, 6.07) is 6.78. The highest BCUT2D eigenvalue weighted by atomic mass is 16.6. The molecule has 0 saturated carbocycles. The highest BCUT2D eigenvalue weighted by molar-refractivity contribution is 5.61. The lowest BCUT2D eigenvalue weighted by molar-refractivity contribution is -0.384. The van der Waals surface area contributed by atoms with E-state index in [1.54, 1.807) is 6.07 Å². The van der Waals surface area contributed by atoms with Gasteiger partial charge in [-0.25, -0.2) is 0 Å². The number of rotatable bonds is 4. The number of hydrogen-bond acceptors (Lipinski definition) is 5. The van der Waals surface area contributed by atoms with Crippen LogP contribution < -0.4 is 5.32 Å². The van der Waals surface area contributed by atoms with Crippen molar-refractivity contribution in [1.29, 1.82) is 5.26 Å². The summed E-state index contributed by atoms with van der Waals surface area (Å²) in [7, 11) is 2.08. The summed E-state index contributed by atoms with van der Waals surface area (Å²) in [6.07, 6.45) is 2.33. The molecule has 0 bridgehead atoms. The zero-order chi connectivity index (χ0) is 13.8. The van der Waals surface area contributed by atoms with E-state index >= 15 is 0 Å². The molecule has 0 radical (unpaired) electrons. The van der Waals surface area contributed by atoms with Crippen molar-refractivity contribution in [3.05, 3.63) is 33.9 Å². The molecule has 6 heteroatoms. The second-order valence-corrected chi connectivity index (χ2v) is 4.76. The minimum Gasteiger partial charge on any atom is -0.382 e. The van der Waals surface area contributed by atoms with Gasteiger partial charge >= 0.3 is 0 Å². The van der Waals surface area contributed by atoms with Gasteiger partial charge in [0.25, 0.3) is 5.69 Å². The van der Waals surface area contributed by atoms with E-state index < -0.39 is 4.92 Å². The van der Waals surface area contributed by atoms with Crippen LogP contribution in [0.3, 0.4) is 0 Å². The molecule has 0 spiro atoms. The Morgan fingerprint density at radius 1 is 1.63 bits per heavy atom. The monoisotopic (exact) mass is 260 g/mol. The predicted molar refractivity (Wildman–Crippen MR) is 72.0 cm³/mol. The van der Waals surface area contributed by atoms with Crippen molar-refractivity contribution < 1.29 is 4.92 Å². The zero-order valence-corrected chi connectivity index (χ0v) is 10.8. The van der Waals surface area contributed by atoms with Crippen LogP contribution in [0.25, 0.3) is 0 Å². The lowest BCUT2D eigenvalue weighted by Gasteiger charge is -2.20. The summed E-state index contributed by atoms with van der Waals surface area (Å²) in [5.74, 6) is 0. The number of benzene rings is 1. The number of nitrogens with zero attached hydrogens (tertiary/aromatic N) is 3. The summed E-state index contributed by atoms with van der Waals surface area (Å²) in [5, 5.41) is 22.9. The fraction of sp³-hybridized carbons (Fsp3) is 0.462. The van der Waals surface area contributed by atoms with Crippen LogP contribution in [0.4, 0.5) is 11.4 Å². The molecule has 1 fully saturated rings. The van der Waals surface area contributed by atoms with Crippen molar-refractivity contribution in [2.45, 2.75) is 18.9 Å². The van der Waals surface area contributed by atoms with Crippen LogP contribution in [0.2, 0.25) is 0 Å². The number of likely N-dealkylation sites (N-methyl/N-ethyl adjacent to an activating group) is 1. The molecule has 1 saturated heterocycles. The first-order valence-corrected chi connectivity index (χ1v) is 6.24. The molecule has 1 aliphatic rings. The second kappa shape index (κ2) is 5.67. The van der Waals surface area contributed by atoms with E-state index in [9.17, 15) is 10.1 Å². The average Bonchev–Trinajstić information content (AvgIpc) is 2.81. The van der Waals surface area contributed by atoms with Crippen LogP contribution in [0.15, 0.2) is 18.2 Å². The third-order valence-electron chi connectivity index (χ3n) is 3.53. The average molecular weight is 260 g/mol. The highest BCUT2D eigenvalue weighted by Crippen LogP contribution is 2.22. The molecule has 1 atom stereocenters. The molecule has 19 heavy (non-hydrogen) atoms. The number of nitrogens with one attached hydrogen (secondary N) is 1. The quantitative estimate of drug-likeness (QED) is 0.661. The maximum Gasteiger partial charge on any atom is 0.270 e.